The van der Waals surface area contributed by atoms with Crippen molar-refractivity contribution >= 4 is 21.5 Å². The molecular formula is C45H61N2O4+. The Balaban J connectivity index is 1.48. The molecule has 1 heterocycles. The van der Waals surface area contributed by atoms with Crippen LogP contribution in [0.15, 0.2) is 79.4 Å². The van der Waals surface area contributed by atoms with Gasteiger partial charge in [-0.15, -0.1) is 0 Å². The average Bonchev–Trinajstić information content (AvgIpc) is 3.52. The van der Waals surface area contributed by atoms with E-state index in [1.165, 1.54) is 0 Å². The number of benzene rings is 4. The molecule has 0 atom stereocenters. The third-order valence-electron chi connectivity index (χ3n) is 9.31. The monoisotopic (exact) mass is 693 g/mol. The van der Waals surface area contributed by atoms with Crippen molar-refractivity contribution in [2.24, 2.45) is 23.7 Å². The van der Waals surface area contributed by atoms with Crippen LogP contribution in [0.2, 0.25) is 0 Å². The molecular weight excluding hydrogens is 633 g/mol. The molecule has 0 aliphatic rings. The number of nitrogens with zero attached hydrogens (tertiary/aromatic N) is 2. The summed E-state index contributed by atoms with van der Waals surface area (Å²) in [5.41, 5.74) is 2.23. The summed E-state index contributed by atoms with van der Waals surface area (Å²) in [7, 11) is 0. The van der Waals surface area contributed by atoms with Gasteiger partial charge in [0, 0.05) is 32.7 Å². The molecule has 5 rings (SSSR count). The molecule has 51 heavy (non-hydrogen) atoms. The molecule has 0 saturated carbocycles. The first-order chi connectivity index (χ1) is 24.6. The molecule has 0 N–H and O–H groups in total. The molecule has 0 spiro atoms. The average molecular weight is 694 g/mol. The van der Waals surface area contributed by atoms with Crippen molar-refractivity contribution in [2.75, 3.05) is 26.4 Å². The van der Waals surface area contributed by atoms with E-state index < -0.39 is 0 Å². The Morgan fingerprint density at radius 2 is 0.941 bits per heavy atom. The smallest absolute Gasteiger partial charge is 0.244 e. The van der Waals surface area contributed by atoms with Gasteiger partial charge in [-0.05, 0) is 61.5 Å². The lowest BCUT2D eigenvalue weighted by Crippen LogP contribution is -2.32. The van der Waals surface area contributed by atoms with E-state index in [1.54, 1.807) is 0 Å². The third-order valence-corrected chi connectivity index (χ3v) is 9.31. The molecule has 4 aromatic carbocycles. The standard InChI is InChI=1S/C45H61N2O4/c1-32(2)17-23-48-42-27-36(44(50-25-19-34(5)6)40-15-11-9-13-38(40)42)29-46-21-22-47(31-46)30-37-28-43(49-24-18-33(3)4)39-14-10-12-16-41(39)45(37)51-26-20-35(7)8/h9-16,21-22,27-28,31-35H,17-20,23-26,29-30H2,1-8H3/q+1. The van der Waals surface area contributed by atoms with Gasteiger partial charge in [0.05, 0.1) is 26.4 Å². The largest absolute Gasteiger partial charge is 0.493 e. The minimum atomic E-state index is 0.567. The van der Waals surface area contributed by atoms with Crippen molar-refractivity contribution in [2.45, 2.75) is 94.2 Å². The van der Waals surface area contributed by atoms with Crippen molar-refractivity contribution in [3.8, 4) is 23.0 Å². The van der Waals surface area contributed by atoms with Crippen LogP contribution in [-0.2, 0) is 13.1 Å². The highest BCUT2D eigenvalue weighted by Gasteiger charge is 2.20. The number of aromatic nitrogens is 2. The van der Waals surface area contributed by atoms with Gasteiger partial charge in [0.2, 0.25) is 6.33 Å². The van der Waals surface area contributed by atoms with E-state index in [2.05, 4.69) is 144 Å². The Bertz CT molecular complexity index is 1710. The van der Waals surface area contributed by atoms with Crippen LogP contribution in [0.3, 0.4) is 0 Å². The second-order valence-electron chi connectivity index (χ2n) is 15.7. The molecule has 0 unspecified atom stereocenters. The summed E-state index contributed by atoms with van der Waals surface area (Å²) in [6.07, 6.45) is 10.5. The van der Waals surface area contributed by atoms with Crippen LogP contribution >= 0.6 is 0 Å². The number of hydrogen-bond acceptors (Lipinski definition) is 4. The summed E-state index contributed by atoms with van der Waals surface area (Å²) in [4.78, 5) is 0. The minimum Gasteiger partial charge on any atom is -0.493 e. The fourth-order valence-corrected chi connectivity index (χ4v) is 6.18. The van der Waals surface area contributed by atoms with Gasteiger partial charge in [-0.2, -0.15) is 0 Å². The Hall–Kier alpha value is -4.19. The Morgan fingerprint density at radius 3 is 1.41 bits per heavy atom. The highest BCUT2D eigenvalue weighted by molar-refractivity contribution is 5.95. The van der Waals surface area contributed by atoms with Gasteiger partial charge in [0.15, 0.2) is 0 Å². The predicted octanol–water partition coefficient (Wildman–Crippen LogP) is 10.9. The first kappa shape index (κ1) is 38.1. The number of fused-ring (bicyclic) bond motifs is 2. The van der Waals surface area contributed by atoms with Crippen LogP contribution in [0.25, 0.3) is 21.5 Å². The highest BCUT2D eigenvalue weighted by atomic mass is 16.5. The van der Waals surface area contributed by atoms with Crippen molar-refractivity contribution in [3.05, 3.63) is 90.5 Å². The quantitative estimate of drug-likeness (QED) is 0.0761. The molecule has 0 aliphatic heterocycles. The molecule has 0 aliphatic carbocycles. The van der Waals surface area contributed by atoms with Gasteiger partial charge in [0.25, 0.3) is 0 Å². The van der Waals surface area contributed by atoms with E-state index in [1.807, 2.05) is 0 Å². The Labute approximate surface area is 306 Å². The molecule has 0 radical (unpaired) electrons. The fourth-order valence-electron chi connectivity index (χ4n) is 6.18. The van der Waals surface area contributed by atoms with Crippen LogP contribution in [0.5, 0.6) is 23.0 Å². The molecule has 6 heteroatoms. The van der Waals surface area contributed by atoms with E-state index >= 15 is 0 Å². The third kappa shape index (κ3) is 10.7. The Morgan fingerprint density at radius 1 is 0.529 bits per heavy atom. The molecule has 1 aromatic heterocycles. The van der Waals surface area contributed by atoms with E-state index in [4.69, 9.17) is 18.9 Å². The summed E-state index contributed by atoms with van der Waals surface area (Å²) >= 11 is 0. The first-order valence-electron chi connectivity index (χ1n) is 19.2. The lowest BCUT2D eigenvalue weighted by Gasteiger charge is -2.18. The normalized spacial score (nSPS) is 11.8. The molecule has 274 valence electrons. The van der Waals surface area contributed by atoms with Crippen molar-refractivity contribution in [3.63, 3.8) is 0 Å². The first-order valence-corrected chi connectivity index (χ1v) is 19.2. The van der Waals surface area contributed by atoms with Gasteiger partial charge >= 0.3 is 0 Å². The molecule has 0 bridgehead atoms. The maximum absolute atomic E-state index is 6.60. The lowest BCUT2D eigenvalue weighted by atomic mass is 10.0. The van der Waals surface area contributed by atoms with Gasteiger partial charge in [-0.3, -0.25) is 0 Å². The molecule has 0 amide bonds. The minimum absolute atomic E-state index is 0.567. The van der Waals surface area contributed by atoms with Crippen LogP contribution < -0.4 is 23.5 Å². The van der Waals surface area contributed by atoms with Crippen LogP contribution in [0.4, 0.5) is 0 Å². The van der Waals surface area contributed by atoms with Crippen LogP contribution in [-0.4, -0.2) is 31.0 Å². The molecule has 0 saturated heterocycles. The molecule has 5 aromatic rings. The predicted molar refractivity (Wildman–Crippen MR) is 211 cm³/mol. The van der Waals surface area contributed by atoms with Crippen LogP contribution in [0, 0.1) is 23.7 Å². The van der Waals surface area contributed by atoms with Crippen molar-refractivity contribution in [1.82, 2.24) is 4.57 Å². The maximum Gasteiger partial charge on any atom is 0.244 e. The van der Waals surface area contributed by atoms with Gasteiger partial charge in [-0.1, -0.05) is 104 Å². The zero-order chi connectivity index (χ0) is 36.3. The van der Waals surface area contributed by atoms with E-state index in [9.17, 15) is 0 Å². The highest BCUT2D eigenvalue weighted by Crippen LogP contribution is 2.39. The van der Waals surface area contributed by atoms with Crippen molar-refractivity contribution < 1.29 is 23.5 Å². The van der Waals surface area contributed by atoms with E-state index in [0.717, 1.165) is 81.4 Å². The van der Waals surface area contributed by atoms with E-state index in [0.29, 0.717) is 63.2 Å². The van der Waals surface area contributed by atoms with Gasteiger partial charge in [0.1, 0.15) is 48.5 Å². The maximum atomic E-state index is 6.60. The van der Waals surface area contributed by atoms with E-state index in [-0.39, 0.29) is 0 Å². The summed E-state index contributed by atoms with van der Waals surface area (Å²) in [5, 5.41) is 4.39. The molecule has 0 fully saturated rings. The van der Waals surface area contributed by atoms with Crippen LogP contribution in [0.1, 0.15) is 92.2 Å². The van der Waals surface area contributed by atoms with Gasteiger partial charge < -0.3 is 18.9 Å². The summed E-state index contributed by atoms with van der Waals surface area (Å²) < 4.78 is 30.5. The fraction of sp³-hybridized carbons (Fsp3) is 0.489. The number of ether oxygens (including phenoxy) is 4. The molecule has 6 nitrogen and oxygen atoms in total. The summed E-state index contributed by atoms with van der Waals surface area (Å²) in [5.74, 6) is 6.02. The second kappa shape index (κ2) is 18.3. The lowest BCUT2D eigenvalue weighted by molar-refractivity contribution is -0.687. The second-order valence-corrected chi connectivity index (χ2v) is 15.7. The topological polar surface area (TPSA) is 45.7 Å². The zero-order valence-electron chi connectivity index (χ0n) is 32.4. The number of imidazole rings is 1. The van der Waals surface area contributed by atoms with Crippen molar-refractivity contribution in [1.29, 1.82) is 0 Å². The summed E-state index contributed by atoms with van der Waals surface area (Å²) in [6.45, 7) is 22.0. The number of rotatable bonds is 20. The summed E-state index contributed by atoms with van der Waals surface area (Å²) in [6, 6.07) is 21.4. The zero-order valence-corrected chi connectivity index (χ0v) is 32.4. The number of hydrogen-bond donors (Lipinski definition) is 0. The SMILES string of the molecule is CC(C)CCOc1cc(Cn2cc[n+](Cc3cc(OCCC(C)C)c4ccccc4c3OCCC(C)C)c2)c(OCCC(C)C)c2ccccc12. The van der Waals surface area contributed by atoms with Gasteiger partial charge in [-0.25, -0.2) is 9.13 Å². The Kier molecular flexibility index (Phi) is 13.7.